The SMILES string of the molecule is COc1cc(-c2nc(C(=O)Nc3ccc(C(F)(F)F)cc3)cs2)ccc1OCc1cccc(F)c1. The third-order valence-corrected chi connectivity index (χ3v) is 5.79. The summed E-state index contributed by atoms with van der Waals surface area (Å²) >= 11 is 1.23. The van der Waals surface area contributed by atoms with Crippen LogP contribution in [0.25, 0.3) is 10.6 Å². The monoisotopic (exact) mass is 502 g/mol. The Hall–Kier alpha value is -3.92. The second kappa shape index (κ2) is 10.1. The molecule has 1 N–H and O–H groups in total. The van der Waals surface area contributed by atoms with Crippen LogP contribution in [0.3, 0.4) is 0 Å². The number of thiazole rings is 1. The maximum Gasteiger partial charge on any atom is 0.416 e. The van der Waals surface area contributed by atoms with Gasteiger partial charge in [0.2, 0.25) is 0 Å². The minimum atomic E-state index is -4.45. The number of hydrogen-bond acceptors (Lipinski definition) is 5. The topological polar surface area (TPSA) is 60.5 Å². The highest BCUT2D eigenvalue weighted by Crippen LogP contribution is 2.34. The van der Waals surface area contributed by atoms with Crippen LogP contribution in [-0.4, -0.2) is 18.0 Å². The van der Waals surface area contributed by atoms with Crippen molar-refractivity contribution in [3.63, 3.8) is 0 Å². The number of aromatic nitrogens is 1. The van der Waals surface area contributed by atoms with Gasteiger partial charge in [0.15, 0.2) is 11.5 Å². The molecule has 1 aromatic heterocycles. The van der Waals surface area contributed by atoms with Crippen LogP contribution in [0.5, 0.6) is 11.5 Å². The van der Waals surface area contributed by atoms with Gasteiger partial charge in [-0.15, -0.1) is 11.3 Å². The number of carbonyl (C=O) groups is 1. The van der Waals surface area contributed by atoms with E-state index in [-0.39, 0.29) is 23.8 Å². The number of methoxy groups -OCH3 is 1. The second-order valence-corrected chi connectivity index (χ2v) is 8.21. The largest absolute Gasteiger partial charge is 0.493 e. The van der Waals surface area contributed by atoms with Crippen molar-refractivity contribution in [2.75, 3.05) is 12.4 Å². The Kier molecular flexibility index (Phi) is 7.02. The number of benzene rings is 3. The molecule has 4 rings (SSSR count). The summed E-state index contributed by atoms with van der Waals surface area (Å²) in [5, 5.41) is 4.63. The first-order valence-electron chi connectivity index (χ1n) is 10.2. The zero-order valence-corrected chi connectivity index (χ0v) is 19.0. The maximum atomic E-state index is 13.4. The Morgan fingerprint density at radius 3 is 2.49 bits per heavy atom. The standard InChI is InChI=1S/C25H18F4N2O3S/c1-33-22-12-16(5-10-21(22)34-13-15-3-2-4-18(26)11-15)24-31-20(14-35-24)23(32)30-19-8-6-17(7-9-19)25(27,28)29/h2-12,14H,13H2,1H3,(H,30,32). The van der Waals surface area contributed by atoms with Crippen LogP contribution < -0.4 is 14.8 Å². The lowest BCUT2D eigenvalue weighted by molar-refractivity contribution is -0.137. The lowest BCUT2D eigenvalue weighted by atomic mass is 10.2. The van der Waals surface area contributed by atoms with Crippen molar-refractivity contribution in [1.82, 2.24) is 4.98 Å². The molecule has 4 aromatic rings. The fraction of sp³-hybridized carbons (Fsp3) is 0.120. The normalized spacial score (nSPS) is 11.2. The third-order valence-electron chi connectivity index (χ3n) is 4.90. The molecule has 0 radical (unpaired) electrons. The number of amides is 1. The first kappa shape index (κ1) is 24.2. The van der Waals surface area contributed by atoms with E-state index in [1.165, 1.54) is 42.7 Å². The number of rotatable bonds is 7. The van der Waals surface area contributed by atoms with Gasteiger partial charge < -0.3 is 14.8 Å². The quantitative estimate of drug-likeness (QED) is 0.282. The molecule has 0 saturated heterocycles. The zero-order chi connectivity index (χ0) is 25.0. The van der Waals surface area contributed by atoms with Gasteiger partial charge in [0.25, 0.3) is 5.91 Å². The van der Waals surface area contributed by atoms with Gasteiger partial charge in [-0.3, -0.25) is 4.79 Å². The van der Waals surface area contributed by atoms with E-state index in [1.54, 1.807) is 35.7 Å². The Labute approximate surface area is 202 Å². The van der Waals surface area contributed by atoms with Crippen LogP contribution in [0, 0.1) is 5.82 Å². The van der Waals surface area contributed by atoms with Crippen LogP contribution in [-0.2, 0) is 12.8 Å². The van der Waals surface area contributed by atoms with Crippen LogP contribution in [0.4, 0.5) is 23.2 Å². The summed E-state index contributed by atoms with van der Waals surface area (Å²) < 4.78 is 62.6. The molecule has 0 atom stereocenters. The molecular weight excluding hydrogens is 484 g/mol. The van der Waals surface area contributed by atoms with Gasteiger partial charge in [-0.25, -0.2) is 9.37 Å². The highest BCUT2D eigenvalue weighted by atomic mass is 32.1. The highest BCUT2D eigenvalue weighted by molar-refractivity contribution is 7.13. The summed E-state index contributed by atoms with van der Waals surface area (Å²) in [5.74, 6) is -0.00758. The van der Waals surface area contributed by atoms with Gasteiger partial charge in [-0.05, 0) is 60.2 Å². The molecule has 0 unspecified atom stereocenters. The lowest BCUT2D eigenvalue weighted by Crippen LogP contribution is -2.12. The first-order valence-corrected chi connectivity index (χ1v) is 11.1. The van der Waals surface area contributed by atoms with E-state index in [1.807, 2.05) is 0 Å². The zero-order valence-electron chi connectivity index (χ0n) is 18.2. The summed E-state index contributed by atoms with van der Waals surface area (Å²) in [4.78, 5) is 16.8. The summed E-state index contributed by atoms with van der Waals surface area (Å²) in [6.07, 6.45) is -4.45. The molecule has 3 aromatic carbocycles. The summed E-state index contributed by atoms with van der Waals surface area (Å²) in [7, 11) is 1.49. The van der Waals surface area contributed by atoms with Crippen molar-refractivity contribution >= 4 is 22.9 Å². The predicted molar refractivity (Wildman–Crippen MR) is 124 cm³/mol. The van der Waals surface area contributed by atoms with E-state index < -0.39 is 17.6 Å². The smallest absolute Gasteiger partial charge is 0.416 e. The maximum absolute atomic E-state index is 13.4. The summed E-state index contributed by atoms with van der Waals surface area (Å²) in [6.45, 7) is 0.152. The summed E-state index contributed by atoms with van der Waals surface area (Å²) in [6, 6.07) is 15.4. The minimum absolute atomic E-state index is 0.121. The van der Waals surface area contributed by atoms with Crippen molar-refractivity contribution in [3.05, 3.63) is 94.7 Å². The number of alkyl halides is 3. The number of hydrogen-bond donors (Lipinski definition) is 1. The number of halogens is 4. The van der Waals surface area contributed by atoms with Crippen molar-refractivity contribution in [3.8, 4) is 22.1 Å². The van der Waals surface area contributed by atoms with Crippen molar-refractivity contribution < 1.29 is 31.8 Å². The average molecular weight is 502 g/mol. The molecule has 5 nitrogen and oxygen atoms in total. The van der Waals surface area contributed by atoms with Crippen molar-refractivity contribution in [2.45, 2.75) is 12.8 Å². The number of nitrogens with zero attached hydrogens (tertiary/aromatic N) is 1. The van der Waals surface area contributed by atoms with E-state index in [9.17, 15) is 22.4 Å². The highest BCUT2D eigenvalue weighted by Gasteiger charge is 2.30. The summed E-state index contributed by atoms with van der Waals surface area (Å²) in [5.41, 5.74) is 0.886. The molecule has 0 spiro atoms. The number of carbonyl (C=O) groups excluding carboxylic acids is 1. The molecule has 1 amide bonds. The Morgan fingerprint density at radius 2 is 1.80 bits per heavy atom. The first-order chi connectivity index (χ1) is 16.7. The number of anilines is 1. The molecule has 0 aliphatic heterocycles. The van der Waals surface area contributed by atoms with E-state index in [4.69, 9.17) is 9.47 Å². The Morgan fingerprint density at radius 1 is 1.03 bits per heavy atom. The van der Waals surface area contributed by atoms with Gasteiger partial charge in [-0.2, -0.15) is 13.2 Å². The van der Waals surface area contributed by atoms with E-state index in [2.05, 4.69) is 10.3 Å². The molecule has 35 heavy (non-hydrogen) atoms. The Balaban J connectivity index is 1.45. The van der Waals surface area contributed by atoms with Crippen LogP contribution in [0.1, 0.15) is 21.6 Å². The number of nitrogens with one attached hydrogen (secondary N) is 1. The van der Waals surface area contributed by atoms with E-state index in [0.717, 1.165) is 12.1 Å². The lowest BCUT2D eigenvalue weighted by Gasteiger charge is -2.12. The van der Waals surface area contributed by atoms with Crippen LogP contribution >= 0.6 is 11.3 Å². The molecule has 0 fully saturated rings. The van der Waals surface area contributed by atoms with Gasteiger partial charge in [-0.1, -0.05) is 12.1 Å². The van der Waals surface area contributed by atoms with Gasteiger partial charge in [0.05, 0.1) is 12.7 Å². The molecular formula is C25H18F4N2O3S. The van der Waals surface area contributed by atoms with Gasteiger partial charge >= 0.3 is 6.18 Å². The van der Waals surface area contributed by atoms with Crippen molar-refractivity contribution in [1.29, 1.82) is 0 Å². The molecule has 180 valence electrons. The van der Waals surface area contributed by atoms with Crippen LogP contribution in [0.15, 0.2) is 72.1 Å². The average Bonchev–Trinajstić information content (AvgIpc) is 3.33. The third kappa shape index (κ3) is 5.96. The fourth-order valence-corrected chi connectivity index (χ4v) is 3.95. The fourth-order valence-electron chi connectivity index (χ4n) is 3.16. The molecule has 1 heterocycles. The molecule has 0 aliphatic rings. The number of ether oxygens (including phenoxy) is 2. The van der Waals surface area contributed by atoms with Crippen LogP contribution in [0.2, 0.25) is 0 Å². The second-order valence-electron chi connectivity index (χ2n) is 7.35. The Bertz CT molecular complexity index is 1340. The van der Waals surface area contributed by atoms with Gasteiger partial charge in [0, 0.05) is 16.6 Å². The minimum Gasteiger partial charge on any atom is -0.493 e. The molecule has 0 bridgehead atoms. The van der Waals surface area contributed by atoms with Crippen molar-refractivity contribution in [2.24, 2.45) is 0 Å². The van der Waals surface area contributed by atoms with E-state index >= 15 is 0 Å². The molecule has 10 heteroatoms. The predicted octanol–water partition coefficient (Wildman–Crippen LogP) is 6.81. The van der Waals surface area contributed by atoms with Gasteiger partial charge in [0.1, 0.15) is 23.1 Å². The molecule has 0 saturated carbocycles. The molecule has 0 aliphatic carbocycles. The van der Waals surface area contributed by atoms with E-state index in [0.29, 0.717) is 27.6 Å².